The third kappa shape index (κ3) is 5.89. The number of ether oxygens (including phenoxy) is 1. The van der Waals surface area contributed by atoms with E-state index in [4.69, 9.17) is 20.1 Å². The van der Waals surface area contributed by atoms with Crippen molar-refractivity contribution in [3.63, 3.8) is 0 Å². The van der Waals surface area contributed by atoms with Gasteiger partial charge >= 0.3 is 6.09 Å². The molecule has 0 aromatic heterocycles. The zero-order valence-electron chi connectivity index (χ0n) is 9.85. The van der Waals surface area contributed by atoms with E-state index in [-0.39, 0.29) is 32.9 Å². The number of carbonyl (C=O) groups is 1. The van der Waals surface area contributed by atoms with Gasteiger partial charge in [-0.25, -0.2) is 4.79 Å². The van der Waals surface area contributed by atoms with E-state index in [1.54, 1.807) is 13.8 Å². The predicted octanol–water partition coefficient (Wildman–Crippen LogP) is -0.429. The molecule has 0 atom stereocenters. The second-order valence-corrected chi connectivity index (χ2v) is 4.04. The fourth-order valence-corrected chi connectivity index (χ4v) is 1.16. The lowest BCUT2D eigenvalue weighted by Gasteiger charge is -2.28. The van der Waals surface area contributed by atoms with Gasteiger partial charge < -0.3 is 25.0 Å². The fourth-order valence-electron chi connectivity index (χ4n) is 1.16. The van der Waals surface area contributed by atoms with E-state index in [1.165, 1.54) is 4.90 Å². The summed E-state index contributed by atoms with van der Waals surface area (Å²) in [4.78, 5) is 12.8. The molecule has 0 fully saturated rings. The average Bonchev–Trinajstić information content (AvgIpc) is 2.16. The van der Waals surface area contributed by atoms with Gasteiger partial charge in [0.15, 0.2) is 0 Å². The predicted molar refractivity (Wildman–Crippen MR) is 58.0 cm³/mol. The molecule has 0 aromatic rings. The van der Waals surface area contributed by atoms with Crippen molar-refractivity contribution >= 4 is 6.09 Å². The molecular formula is C10H21NO5. The van der Waals surface area contributed by atoms with Crippen LogP contribution in [0.1, 0.15) is 20.3 Å². The van der Waals surface area contributed by atoms with Gasteiger partial charge in [0.1, 0.15) is 5.60 Å². The number of aliphatic hydroxyl groups is 3. The highest BCUT2D eigenvalue weighted by Crippen LogP contribution is 2.15. The van der Waals surface area contributed by atoms with E-state index in [0.717, 1.165) is 0 Å². The number of hydrogen-bond donors (Lipinski definition) is 3. The first-order valence-corrected chi connectivity index (χ1v) is 5.27. The molecule has 0 aliphatic carbocycles. The Morgan fingerprint density at radius 3 is 2.00 bits per heavy atom. The van der Waals surface area contributed by atoms with Crippen molar-refractivity contribution in [3.8, 4) is 0 Å². The molecule has 0 aliphatic heterocycles. The highest BCUT2D eigenvalue weighted by molar-refractivity contribution is 5.68. The molecule has 0 spiro atoms. The number of hydrogen-bond acceptors (Lipinski definition) is 5. The van der Waals surface area contributed by atoms with Crippen molar-refractivity contribution in [2.45, 2.75) is 25.9 Å². The van der Waals surface area contributed by atoms with Crippen LogP contribution >= 0.6 is 0 Å². The van der Waals surface area contributed by atoms with Gasteiger partial charge in [-0.1, -0.05) is 0 Å². The van der Waals surface area contributed by atoms with Crippen LogP contribution in [0.25, 0.3) is 0 Å². The molecule has 0 heterocycles. The van der Waals surface area contributed by atoms with E-state index in [0.29, 0.717) is 6.42 Å². The summed E-state index contributed by atoms with van der Waals surface area (Å²) >= 11 is 0. The van der Waals surface area contributed by atoms with Gasteiger partial charge in [0.25, 0.3) is 0 Å². The zero-order chi connectivity index (χ0) is 12.6. The van der Waals surface area contributed by atoms with Crippen molar-refractivity contribution in [3.05, 3.63) is 0 Å². The molecule has 0 saturated heterocycles. The molecular weight excluding hydrogens is 214 g/mol. The summed E-state index contributed by atoms with van der Waals surface area (Å²) in [6, 6.07) is 0. The third-order valence-electron chi connectivity index (χ3n) is 2.08. The lowest BCUT2D eigenvalue weighted by atomic mass is 10.1. The molecule has 6 heteroatoms. The Kier molecular flexibility index (Phi) is 7.03. The monoisotopic (exact) mass is 235 g/mol. The van der Waals surface area contributed by atoms with Crippen LogP contribution in [0, 0.1) is 0 Å². The van der Waals surface area contributed by atoms with Crippen LogP contribution < -0.4 is 0 Å². The Hall–Kier alpha value is -0.850. The Labute approximate surface area is 95.4 Å². The topological polar surface area (TPSA) is 90.2 Å². The SMILES string of the molecule is CC(C)(CCO)OC(=O)N(CCO)CCO. The summed E-state index contributed by atoms with van der Waals surface area (Å²) in [5, 5.41) is 26.3. The van der Waals surface area contributed by atoms with Gasteiger partial charge in [-0.15, -0.1) is 0 Å². The lowest BCUT2D eigenvalue weighted by molar-refractivity contribution is -0.00464. The van der Waals surface area contributed by atoms with Gasteiger partial charge in [0.2, 0.25) is 0 Å². The second-order valence-electron chi connectivity index (χ2n) is 4.04. The van der Waals surface area contributed by atoms with Crippen LogP contribution in [-0.2, 0) is 4.74 Å². The zero-order valence-corrected chi connectivity index (χ0v) is 9.85. The Bertz CT molecular complexity index is 201. The van der Waals surface area contributed by atoms with Crippen LogP contribution in [0.2, 0.25) is 0 Å². The summed E-state index contributed by atoms with van der Waals surface area (Å²) in [5.41, 5.74) is -0.755. The molecule has 16 heavy (non-hydrogen) atoms. The first-order chi connectivity index (χ1) is 7.46. The number of amides is 1. The van der Waals surface area contributed by atoms with Crippen LogP contribution in [0.3, 0.4) is 0 Å². The first kappa shape index (κ1) is 15.2. The summed E-state index contributed by atoms with van der Waals surface area (Å²) in [6.07, 6.45) is -0.258. The Morgan fingerprint density at radius 1 is 1.12 bits per heavy atom. The van der Waals surface area contributed by atoms with Crippen LogP contribution in [-0.4, -0.2) is 64.8 Å². The Morgan fingerprint density at radius 2 is 1.62 bits per heavy atom. The largest absolute Gasteiger partial charge is 0.443 e. The maximum Gasteiger partial charge on any atom is 0.410 e. The highest BCUT2D eigenvalue weighted by Gasteiger charge is 2.25. The molecule has 0 radical (unpaired) electrons. The van der Waals surface area contributed by atoms with Crippen molar-refractivity contribution in [2.24, 2.45) is 0 Å². The Balaban J connectivity index is 4.27. The van der Waals surface area contributed by atoms with Crippen LogP contribution in [0.5, 0.6) is 0 Å². The number of rotatable bonds is 7. The van der Waals surface area contributed by atoms with Crippen molar-refractivity contribution < 1.29 is 24.9 Å². The third-order valence-corrected chi connectivity index (χ3v) is 2.08. The molecule has 0 aromatic carbocycles. The van der Waals surface area contributed by atoms with Gasteiger partial charge in [0.05, 0.1) is 13.2 Å². The molecule has 0 aliphatic rings. The van der Waals surface area contributed by atoms with Gasteiger partial charge in [0, 0.05) is 26.1 Å². The normalized spacial score (nSPS) is 11.3. The first-order valence-electron chi connectivity index (χ1n) is 5.27. The fraction of sp³-hybridized carbons (Fsp3) is 0.900. The minimum atomic E-state index is -0.755. The summed E-state index contributed by atoms with van der Waals surface area (Å²) in [5.74, 6) is 0. The smallest absolute Gasteiger partial charge is 0.410 e. The molecule has 6 nitrogen and oxygen atoms in total. The average molecular weight is 235 g/mol. The molecule has 96 valence electrons. The maximum atomic E-state index is 11.6. The van der Waals surface area contributed by atoms with Gasteiger partial charge in [-0.05, 0) is 13.8 Å². The molecule has 3 N–H and O–H groups in total. The molecule has 1 amide bonds. The van der Waals surface area contributed by atoms with Gasteiger partial charge in [-0.3, -0.25) is 0 Å². The summed E-state index contributed by atoms with van der Waals surface area (Å²) in [6.45, 7) is 3.18. The number of nitrogens with zero attached hydrogens (tertiary/aromatic N) is 1. The van der Waals surface area contributed by atoms with Gasteiger partial charge in [-0.2, -0.15) is 0 Å². The molecule has 0 saturated carbocycles. The minimum Gasteiger partial charge on any atom is -0.443 e. The van der Waals surface area contributed by atoms with E-state index >= 15 is 0 Å². The maximum absolute atomic E-state index is 11.6. The second kappa shape index (κ2) is 7.43. The quantitative estimate of drug-likeness (QED) is 0.557. The lowest BCUT2D eigenvalue weighted by Crippen LogP contribution is -2.41. The van der Waals surface area contributed by atoms with Crippen molar-refractivity contribution in [2.75, 3.05) is 32.9 Å². The van der Waals surface area contributed by atoms with E-state index in [2.05, 4.69) is 0 Å². The van der Waals surface area contributed by atoms with Crippen molar-refractivity contribution in [1.82, 2.24) is 4.90 Å². The van der Waals surface area contributed by atoms with E-state index < -0.39 is 11.7 Å². The van der Waals surface area contributed by atoms with Crippen molar-refractivity contribution in [1.29, 1.82) is 0 Å². The molecule has 0 bridgehead atoms. The summed E-state index contributed by atoms with van der Waals surface area (Å²) < 4.78 is 5.15. The molecule has 0 unspecified atom stereocenters. The highest BCUT2D eigenvalue weighted by atomic mass is 16.6. The summed E-state index contributed by atoms with van der Waals surface area (Å²) in [7, 11) is 0. The number of aliphatic hydroxyl groups excluding tert-OH is 3. The van der Waals surface area contributed by atoms with Crippen LogP contribution in [0.15, 0.2) is 0 Å². The standard InChI is InChI=1S/C10H21NO5/c1-10(2,3-6-12)16-9(15)11(4-7-13)5-8-14/h12-14H,3-8H2,1-2H3. The van der Waals surface area contributed by atoms with Crippen LogP contribution in [0.4, 0.5) is 4.79 Å². The van der Waals surface area contributed by atoms with E-state index in [1.807, 2.05) is 0 Å². The number of carbonyl (C=O) groups excluding carboxylic acids is 1. The van der Waals surface area contributed by atoms with E-state index in [9.17, 15) is 4.79 Å². The minimum absolute atomic E-state index is 0.0692. The molecule has 0 rings (SSSR count).